The van der Waals surface area contributed by atoms with Crippen molar-refractivity contribution < 1.29 is 62.7 Å². The lowest BCUT2D eigenvalue weighted by atomic mass is 9.66. The first-order valence-corrected chi connectivity index (χ1v) is 13.8. The van der Waals surface area contributed by atoms with Crippen LogP contribution in [0.1, 0.15) is 35.6 Å². The number of esters is 1. The Morgan fingerprint density at radius 1 is 0.881 bits per heavy atom. The summed E-state index contributed by atoms with van der Waals surface area (Å²) in [6.07, 6.45) is -6.80. The number of aromatic hydroxyl groups is 1. The van der Waals surface area contributed by atoms with E-state index in [-0.39, 0.29) is 37.3 Å². The van der Waals surface area contributed by atoms with E-state index in [4.69, 9.17) is 42.6 Å². The summed E-state index contributed by atoms with van der Waals surface area (Å²) in [7, 11) is 2.86. The SMILES string of the molecule is COc1cc(C2c3cc4c(cc3[C@@H](O[C@@H]3O[C@@H]5CO[C@@H](C)O[C@H]5[C@H](O)[C@H]3O)[C@H]3COC(=O)[C@H]23)OCO4)cc(OC)c1O. The van der Waals surface area contributed by atoms with Crippen LogP contribution in [0.2, 0.25) is 0 Å². The van der Waals surface area contributed by atoms with E-state index in [2.05, 4.69) is 0 Å². The minimum Gasteiger partial charge on any atom is -0.502 e. The number of ether oxygens (including phenoxy) is 9. The van der Waals surface area contributed by atoms with Crippen LogP contribution in [0.15, 0.2) is 24.3 Å². The predicted octanol–water partition coefficient (Wildman–Crippen LogP) is 1.34. The molecule has 7 rings (SSSR count). The lowest BCUT2D eigenvalue weighted by molar-refractivity contribution is -0.364. The van der Waals surface area contributed by atoms with Gasteiger partial charge in [-0.1, -0.05) is 0 Å². The van der Waals surface area contributed by atoms with Crippen molar-refractivity contribution in [2.75, 3.05) is 34.2 Å². The standard InChI is InChI=1S/C29H32O13/c1-11-36-9-20-27(40-11)24(31)25(32)29(41-20)42-26-14-7-17-16(38-10-39-17)6-13(14)21(22-15(26)8-37-28(22)33)12-4-18(34-2)23(30)19(5-12)35-3/h4-7,11,15,20-22,24-27,29-32H,8-10H2,1-3H3/t11-,15+,20-,21?,22+,24-,25-,26-,27-,29+/m1/s1. The van der Waals surface area contributed by atoms with Crippen LogP contribution in [-0.4, -0.2) is 92.5 Å². The molecule has 0 spiro atoms. The maximum absolute atomic E-state index is 13.4. The Morgan fingerprint density at radius 3 is 2.26 bits per heavy atom. The number of hydrogen-bond acceptors (Lipinski definition) is 13. The quantitative estimate of drug-likeness (QED) is 0.430. The van der Waals surface area contributed by atoms with E-state index in [1.54, 1.807) is 31.2 Å². The van der Waals surface area contributed by atoms with Gasteiger partial charge in [-0.3, -0.25) is 4.79 Å². The van der Waals surface area contributed by atoms with Gasteiger partial charge in [-0.2, -0.15) is 0 Å². The summed E-state index contributed by atoms with van der Waals surface area (Å²) in [5.74, 6) is -1.02. The van der Waals surface area contributed by atoms with E-state index in [1.807, 2.05) is 0 Å². The van der Waals surface area contributed by atoms with Crippen LogP contribution in [0.25, 0.3) is 0 Å². The Balaban J connectivity index is 1.32. The average molecular weight is 589 g/mol. The number of benzene rings is 2. The molecule has 226 valence electrons. The number of fused-ring (bicyclic) bond motifs is 4. The molecule has 3 N–H and O–H groups in total. The highest BCUT2D eigenvalue weighted by atomic mass is 16.8. The summed E-state index contributed by atoms with van der Waals surface area (Å²) in [6, 6.07) is 6.93. The number of cyclic esters (lactones) is 1. The van der Waals surface area contributed by atoms with Gasteiger partial charge in [-0.15, -0.1) is 0 Å². The second kappa shape index (κ2) is 10.4. The Labute approximate surface area is 240 Å². The van der Waals surface area contributed by atoms with Crippen molar-refractivity contribution in [3.8, 4) is 28.7 Å². The molecule has 13 heteroatoms. The number of methoxy groups -OCH3 is 2. The number of phenols is 1. The van der Waals surface area contributed by atoms with Gasteiger partial charge in [-0.05, 0) is 47.9 Å². The number of rotatable bonds is 5. The molecule has 0 radical (unpaired) electrons. The highest BCUT2D eigenvalue weighted by Crippen LogP contribution is 2.57. The fraction of sp³-hybridized carbons (Fsp3) is 0.552. The number of aliphatic hydroxyl groups excluding tert-OH is 2. The van der Waals surface area contributed by atoms with E-state index in [1.165, 1.54) is 14.2 Å². The van der Waals surface area contributed by atoms with Crippen LogP contribution in [0.4, 0.5) is 0 Å². The molecule has 2 aromatic rings. The highest BCUT2D eigenvalue weighted by Gasteiger charge is 2.56. The van der Waals surface area contributed by atoms with Crippen LogP contribution in [0.3, 0.4) is 0 Å². The van der Waals surface area contributed by atoms with Crippen LogP contribution < -0.4 is 18.9 Å². The van der Waals surface area contributed by atoms with Gasteiger partial charge in [0, 0.05) is 11.8 Å². The molecular weight excluding hydrogens is 556 g/mol. The van der Waals surface area contributed by atoms with Gasteiger partial charge < -0.3 is 58.0 Å². The van der Waals surface area contributed by atoms with Crippen LogP contribution >= 0.6 is 0 Å². The summed E-state index contributed by atoms with van der Waals surface area (Å²) in [5.41, 5.74) is 2.01. The topological polar surface area (TPSA) is 161 Å². The van der Waals surface area contributed by atoms with Crippen LogP contribution in [-0.2, 0) is 28.5 Å². The van der Waals surface area contributed by atoms with Gasteiger partial charge in [0.25, 0.3) is 0 Å². The van der Waals surface area contributed by atoms with Gasteiger partial charge in [0.05, 0.1) is 39.5 Å². The molecule has 0 bridgehead atoms. The Morgan fingerprint density at radius 2 is 1.57 bits per heavy atom. The minimum absolute atomic E-state index is 0.0301. The van der Waals surface area contributed by atoms with Crippen molar-refractivity contribution in [3.05, 3.63) is 41.0 Å². The molecule has 0 saturated carbocycles. The van der Waals surface area contributed by atoms with Crippen molar-refractivity contribution in [2.24, 2.45) is 11.8 Å². The van der Waals surface area contributed by atoms with Crippen molar-refractivity contribution in [1.29, 1.82) is 0 Å². The monoisotopic (exact) mass is 588 g/mol. The van der Waals surface area contributed by atoms with Gasteiger partial charge in [0.2, 0.25) is 12.5 Å². The van der Waals surface area contributed by atoms with Gasteiger partial charge in [-0.25, -0.2) is 0 Å². The molecule has 13 nitrogen and oxygen atoms in total. The molecule has 4 aliphatic heterocycles. The Bertz CT molecular complexity index is 1350. The summed E-state index contributed by atoms with van der Waals surface area (Å²) in [5, 5.41) is 32.5. The van der Waals surface area contributed by atoms with Gasteiger partial charge >= 0.3 is 5.97 Å². The second-order valence-corrected chi connectivity index (χ2v) is 11.0. The molecule has 2 aromatic carbocycles. The third-order valence-corrected chi connectivity index (χ3v) is 8.75. The van der Waals surface area contributed by atoms with E-state index in [0.717, 1.165) is 0 Å². The molecule has 3 saturated heterocycles. The van der Waals surface area contributed by atoms with Crippen LogP contribution in [0.5, 0.6) is 28.7 Å². The fourth-order valence-electron chi connectivity index (χ4n) is 6.74. The van der Waals surface area contributed by atoms with E-state index in [0.29, 0.717) is 28.2 Å². The zero-order valence-electron chi connectivity index (χ0n) is 23.1. The zero-order chi connectivity index (χ0) is 29.3. The molecule has 0 amide bonds. The Hall–Kier alpha value is -3.33. The summed E-state index contributed by atoms with van der Waals surface area (Å²) in [4.78, 5) is 13.4. The van der Waals surface area contributed by atoms with Gasteiger partial charge in [0.15, 0.2) is 35.6 Å². The maximum atomic E-state index is 13.4. The molecule has 10 atom stereocenters. The normalized spacial score (nSPS) is 36.5. The molecule has 5 aliphatic rings. The van der Waals surface area contributed by atoms with Crippen molar-refractivity contribution in [3.63, 3.8) is 0 Å². The van der Waals surface area contributed by atoms with Crippen molar-refractivity contribution in [1.82, 2.24) is 0 Å². The number of carbonyl (C=O) groups is 1. The number of carbonyl (C=O) groups excluding carboxylic acids is 1. The smallest absolute Gasteiger partial charge is 0.310 e. The van der Waals surface area contributed by atoms with E-state index >= 15 is 0 Å². The first-order valence-electron chi connectivity index (χ1n) is 13.8. The number of aliphatic hydroxyl groups is 2. The predicted molar refractivity (Wildman–Crippen MR) is 138 cm³/mol. The third-order valence-electron chi connectivity index (χ3n) is 8.75. The van der Waals surface area contributed by atoms with Crippen LogP contribution in [0, 0.1) is 11.8 Å². The maximum Gasteiger partial charge on any atom is 0.310 e. The molecule has 42 heavy (non-hydrogen) atoms. The lowest BCUT2D eigenvalue weighted by Gasteiger charge is -2.47. The number of hydrogen-bond donors (Lipinski definition) is 3. The molecule has 4 heterocycles. The van der Waals surface area contributed by atoms with E-state index < -0.39 is 66.8 Å². The second-order valence-electron chi connectivity index (χ2n) is 11.0. The summed E-state index contributed by atoms with van der Waals surface area (Å²) >= 11 is 0. The van der Waals surface area contributed by atoms with Crippen molar-refractivity contribution in [2.45, 2.75) is 55.9 Å². The molecule has 0 aromatic heterocycles. The minimum atomic E-state index is -1.44. The average Bonchev–Trinajstić information content (AvgIpc) is 3.61. The fourth-order valence-corrected chi connectivity index (χ4v) is 6.74. The molecule has 3 fully saturated rings. The molecular formula is C29H32O13. The zero-order valence-corrected chi connectivity index (χ0v) is 23.1. The van der Waals surface area contributed by atoms with E-state index in [9.17, 15) is 20.1 Å². The summed E-state index contributed by atoms with van der Waals surface area (Å²) in [6.45, 7) is 1.93. The highest BCUT2D eigenvalue weighted by molar-refractivity contribution is 5.79. The largest absolute Gasteiger partial charge is 0.502 e. The van der Waals surface area contributed by atoms with Crippen molar-refractivity contribution >= 4 is 5.97 Å². The molecule has 1 aliphatic carbocycles. The summed E-state index contributed by atoms with van der Waals surface area (Å²) < 4.78 is 51.5. The number of phenolic OH excluding ortho intramolecular Hbond substituents is 1. The third kappa shape index (κ3) is 4.26. The van der Waals surface area contributed by atoms with Gasteiger partial charge in [0.1, 0.15) is 24.4 Å². The Kier molecular flexibility index (Phi) is 6.83. The first kappa shape index (κ1) is 27.5. The molecule has 1 unspecified atom stereocenters. The lowest BCUT2D eigenvalue weighted by Crippen LogP contribution is -2.63. The first-order chi connectivity index (χ1) is 20.3.